The summed E-state index contributed by atoms with van der Waals surface area (Å²) >= 11 is 0. The number of carbonyl (C=O) groups is 3. The van der Waals surface area contributed by atoms with Crippen LogP contribution in [0.3, 0.4) is 0 Å². The lowest BCUT2D eigenvalue weighted by molar-refractivity contribution is -0.165. The van der Waals surface area contributed by atoms with Crippen molar-refractivity contribution in [1.82, 2.24) is 0 Å². The van der Waals surface area contributed by atoms with E-state index in [4.69, 9.17) is 9.47 Å². The van der Waals surface area contributed by atoms with Crippen molar-refractivity contribution in [3.8, 4) is 0 Å². The maximum Gasteiger partial charge on any atom is 0.312 e. The van der Waals surface area contributed by atoms with Crippen molar-refractivity contribution < 1.29 is 23.9 Å². The molecule has 0 saturated heterocycles. The van der Waals surface area contributed by atoms with Crippen molar-refractivity contribution >= 4 is 17.7 Å². The second-order valence-corrected chi connectivity index (χ2v) is 13.7. The predicted molar refractivity (Wildman–Crippen MR) is 140 cm³/mol. The molecule has 5 heteroatoms. The summed E-state index contributed by atoms with van der Waals surface area (Å²) in [4.78, 5) is 37.9. The fourth-order valence-electron chi connectivity index (χ4n) is 7.58. The maximum atomic E-state index is 13.3. The number of Topliss-reactive ketones (excluding diaryl/α,β-unsaturated/α-hetero) is 1. The van der Waals surface area contributed by atoms with Gasteiger partial charge in [-0.1, -0.05) is 13.0 Å². The Labute approximate surface area is 218 Å². The summed E-state index contributed by atoms with van der Waals surface area (Å²) < 4.78 is 11.6. The maximum absolute atomic E-state index is 13.3. The second-order valence-electron chi connectivity index (χ2n) is 13.7. The highest BCUT2D eigenvalue weighted by Crippen LogP contribution is 2.60. The van der Waals surface area contributed by atoms with E-state index < -0.39 is 10.8 Å². The third kappa shape index (κ3) is 6.25. The quantitative estimate of drug-likeness (QED) is 0.239. The van der Waals surface area contributed by atoms with Gasteiger partial charge in [0.2, 0.25) is 0 Å². The summed E-state index contributed by atoms with van der Waals surface area (Å²) in [5.74, 6) is 2.41. The average molecular weight is 501 g/mol. The minimum atomic E-state index is -0.721. The van der Waals surface area contributed by atoms with Gasteiger partial charge >= 0.3 is 11.9 Å². The van der Waals surface area contributed by atoms with Crippen molar-refractivity contribution in [1.29, 1.82) is 0 Å². The van der Waals surface area contributed by atoms with Crippen LogP contribution in [0.15, 0.2) is 12.2 Å². The number of allylic oxidation sites excluding steroid dienone is 1. The molecule has 5 fully saturated rings. The van der Waals surface area contributed by atoms with Gasteiger partial charge in [-0.05, 0) is 128 Å². The smallest absolute Gasteiger partial charge is 0.312 e. The highest BCUT2D eigenvalue weighted by Gasteiger charge is 2.49. The topological polar surface area (TPSA) is 69.7 Å². The van der Waals surface area contributed by atoms with Gasteiger partial charge in [-0.3, -0.25) is 14.4 Å². The Balaban J connectivity index is 1.29. The van der Waals surface area contributed by atoms with Crippen molar-refractivity contribution in [3.05, 3.63) is 12.2 Å². The van der Waals surface area contributed by atoms with E-state index >= 15 is 0 Å². The lowest BCUT2D eigenvalue weighted by atomic mass is 9.49. The summed E-state index contributed by atoms with van der Waals surface area (Å²) in [6, 6.07) is 0. The van der Waals surface area contributed by atoms with Crippen LogP contribution in [0.4, 0.5) is 0 Å². The van der Waals surface area contributed by atoms with Crippen LogP contribution in [0.5, 0.6) is 0 Å². The first-order valence-electron chi connectivity index (χ1n) is 14.6. The highest BCUT2D eigenvalue weighted by atomic mass is 16.5. The zero-order valence-corrected chi connectivity index (χ0v) is 23.3. The number of ether oxygens (including phenoxy) is 2. The van der Waals surface area contributed by atoms with Crippen molar-refractivity contribution in [3.63, 3.8) is 0 Å². The summed E-state index contributed by atoms with van der Waals surface area (Å²) in [5.41, 5.74) is -1.04. The Hall–Kier alpha value is -1.65. The molecule has 0 heterocycles. The molecule has 0 aromatic heterocycles. The Morgan fingerprint density at radius 1 is 1.03 bits per heavy atom. The molecular weight excluding hydrogens is 452 g/mol. The van der Waals surface area contributed by atoms with Crippen LogP contribution >= 0.6 is 0 Å². The van der Waals surface area contributed by atoms with E-state index in [-0.39, 0.29) is 29.9 Å². The van der Waals surface area contributed by atoms with Gasteiger partial charge in [0.1, 0.15) is 18.0 Å². The normalized spacial score (nSPS) is 34.4. The molecule has 3 unspecified atom stereocenters. The second kappa shape index (κ2) is 10.6. The summed E-state index contributed by atoms with van der Waals surface area (Å²) in [7, 11) is 0. The molecule has 202 valence electrons. The number of hydrogen-bond donors (Lipinski definition) is 0. The van der Waals surface area contributed by atoms with Crippen LogP contribution in [0.2, 0.25) is 0 Å². The van der Waals surface area contributed by atoms with E-state index in [9.17, 15) is 14.4 Å². The third-order valence-corrected chi connectivity index (χ3v) is 9.94. The van der Waals surface area contributed by atoms with E-state index in [1.54, 1.807) is 0 Å². The average Bonchev–Trinajstić information content (AvgIpc) is 2.80. The SMILES string of the molecule is CCC(C)(CCC(C)(C)C(=O)OC1CCCC(=O)C1)C(=O)OC(C)/C=C/C12CC3CC(CC(C3)C1)C2. The molecule has 5 aliphatic rings. The molecular formula is C31H48O5. The summed E-state index contributed by atoms with van der Waals surface area (Å²) in [5, 5.41) is 0. The number of hydrogen-bond acceptors (Lipinski definition) is 5. The Kier molecular flexibility index (Phi) is 8.07. The first-order chi connectivity index (χ1) is 16.9. The van der Waals surface area contributed by atoms with Crippen LogP contribution < -0.4 is 0 Å². The molecule has 0 aromatic rings. The van der Waals surface area contributed by atoms with Crippen LogP contribution in [-0.2, 0) is 23.9 Å². The molecule has 0 radical (unpaired) electrons. The standard InChI is InChI=1S/C31H48O5/c1-6-30(5,13-12-29(3,4)27(33)36-26-9-7-8-25(32)17-26)28(34)35-21(2)10-11-31-18-22-14-23(19-31)16-24(15-22)20-31/h10-11,21-24,26H,6-9,12-20H2,1-5H3/b11-10+. The van der Waals surface area contributed by atoms with Gasteiger partial charge in [0.05, 0.1) is 10.8 Å². The van der Waals surface area contributed by atoms with Gasteiger partial charge in [-0.25, -0.2) is 0 Å². The lowest BCUT2D eigenvalue weighted by Crippen LogP contribution is -2.45. The van der Waals surface area contributed by atoms with Gasteiger partial charge in [-0.15, -0.1) is 0 Å². The fourth-order valence-corrected chi connectivity index (χ4v) is 7.58. The first kappa shape index (κ1) is 27.4. The van der Waals surface area contributed by atoms with E-state index in [2.05, 4.69) is 12.2 Å². The van der Waals surface area contributed by atoms with Crippen LogP contribution in [0, 0.1) is 34.0 Å². The summed E-state index contributed by atoms with van der Waals surface area (Å²) in [6.45, 7) is 9.68. The van der Waals surface area contributed by atoms with Crippen molar-refractivity contribution in [2.45, 2.75) is 130 Å². The van der Waals surface area contributed by atoms with E-state index in [0.29, 0.717) is 37.5 Å². The van der Waals surface area contributed by atoms with Crippen molar-refractivity contribution in [2.24, 2.45) is 34.0 Å². The molecule has 5 aliphatic carbocycles. The number of rotatable bonds is 10. The van der Waals surface area contributed by atoms with Gasteiger partial charge in [0.25, 0.3) is 0 Å². The van der Waals surface area contributed by atoms with Gasteiger partial charge in [0.15, 0.2) is 0 Å². The number of esters is 2. The molecule has 0 N–H and O–H groups in total. The van der Waals surface area contributed by atoms with Crippen LogP contribution in [0.1, 0.15) is 118 Å². The van der Waals surface area contributed by atoms with Gasteiger partial charge in [-0.2, -0.15) is 0 Å². The number of carbonyl (C=O) groups excluding carboxylic acids is 3. The predicted octanol–water partition coefficient (Wildman–Crippen LogP) is 6.97. The van der Waals surface area contributed by atoms with E-state index in [1.807, 2.05) is 34.6 Å². The van der Waals surface area contributed by atoms with Crippen molar-refractivity contribution in [2.75, 3.05) is 0 Å². The molecule has 5 rings (SSSR count). The highest BCUT2D eigenvalue weighted by molar-refractivity contribution is 5.81. The molecule has 4 bridgehead atoms. The Morgan fingerprint density at radius 2 is 1.64 bits per heavy atom. The molecule has 36 heavy (non-hydrogen) atoms. The third-order valence-electron chi connectivity index (χ3n) is 9.94. The molecule has 0 aromatic carbocycles. The molecule has 0 aliphatic heterocycles. The zero-order chi connectivity index (χ0) is 26.1. The Morgan fingerprint density at radius 3 is 2.19 bits per heavy atom. The lowest BCUT2D eigenvalue weighted by Gasteiger charge is -2.56. The van der Waals surface area contributed by atoms with Gasteiger partial charge in [0, 0.05) is 12.8 Å². The van der Waals surface area contributed by atoms with Gasteiger partial charge < -0.3 is 9.47 Å². The summed E-state index contributed by atoms with van der Waals surface area (Å²) in [6.07, 6.45) is 16.4. The Bertz CT molecular complexity index is 835. The monoisotopic (exact) mass is 500 g/mol. The zero-order valence-electron chi connectivity index (χ0n) is 23.3. The minimum Gasteiger partial charge on any atom is -0.462 e. The number of ketones is 1. The van der Waals surface area contributed by atoms with Crippen LogP contribution in [0.25, 0.3) is 0 Å². The molecule has 3 atom stereocenters. The molecule has 5 nitrogen and oxygen atoms in total. The molecule has 0 spiro atoms. The van der Waals surface area contributed by atoms with E-state index in [0.717, 1.165) is 30.6 Å². The molecule has 5 saturated carbocycles. The van der Waals surface area contributed by atoms with Crippen LogP contribution in [-0.4, -0.2) is 29.9 Å². The minimum absolute atomic E-state index is 0.171. The fraction of sp³-hybridized carbons (Fsp3) is 0.839. The van der Waals surface area contributed by atoms with E-state index in [1.165, 1.54) is 38.5 Å². The molecule has 0 amide bonds. The first-order valence-corrected chi connectivity index (χ1v) is 14.6. The largest absolute Gasteiger partial charge is 0.462 e.